The molecule has 0 heterocycles. The minimum atomic E-state index is -4.95. The Labute approximate surface area is 750 Å². The summed E-state index contributed by atoms with van der Waals surface area (Å²) in [5.74, 6) is -1.58. The van der Waals surface area contributed by atoms with Gasteiger partial charge in [0.15, 0.2) is 6.10 Å². The predicted molar refractivity (Wildman–Crippen MR) is 518 cm³/mol. The summed E-state index contributed by atoms with van der Waals surface area (Å²) in [5.41, 5.74) is 0. The number of esters is 3. The number of ether oxygens (including phenoxy) is 3. The molecule has 5 atom stereocenters. The van der Waals surface area contributed by atoms with Crippen molar-refractivity contribution in [3.05, 3.63) is 194 Å². The summed E-state index contributed by atoms with van der Waals surface area (Å²) >= 11 is 0. The molecule has 123 heavy (non-hydrogen) atoms. The molecule has 0 aliphatic heterocycles. The van der Waals surface area contributed by atoms with Crippen molar-refractivity contribution >= 4 is 33.6 Å². The van der Waals surface area contributed by atoms with Gasteiger partial charge in [-0.3, -0.25) is 32.5 Å². The molecule has 0 amide bonds. The minimum Gasteiger partial charge on any atom is -0.463 e. The third kappa shape index (κ3) is 96.9. The van der Waals surface area contributed by atoms with Crippen LogP contribution in [0.15, 0.2) is 194 Å². The van der Waals surface area contributed by atoms with Crippen LogP contribution in [-0.2, 0) is 55.8 Å². The number of phosphoric acid groups is 2. The predicted octanol–water partition coefficient (Wildman–Crippen LogP) is 30.6. The average Bonchev–Trinajstić information content (AvgIpc) is 0.892. The molecule has 702 valence electrons. The molecule has 0 radical (unpaired) electrons. The summed E-state index contributed by atoms with van der Waals surface area (Å²) < 4.78 is 61.6. The fourth-order valence-electron chi connectivity index (χ4n) is 13.0. The maximum atomic E-state index is 13.1. The standard InChI is InChI=1S/C105H176O16P2/c1-4-7-10-13-16-19-22-25-28-31-34-37-40-43-46-47-48-49-50-51-54-56-58-61-64-67-70-73-76-79-82-85-88-91-103(108)115-94-100(106)95-117-122(111,112)118-96-101(107)97-119-123(113,114)120-99-102(121-105(110)93-90-87-84-81-78-75-72-69-66-63-60-57-53-45-42-39-36-33-30-27-24-21-18-15-12-9-6-3)98-116-104(109)92-89-86-83-80-77-74-71-68-65-62-59-55-52-44-41-38-35-32-29-26-23-20-17-14-11-8-5-2/h7-12,16-21,25-30,34-39,43-46,48-49,52-53,100-102,106-107H,4-6,13-15,22-24,31-33,40-42,47,50-51,54-99H2,1-3H3,(H,111,112)(H,113,114)/b10-7-,11-8-,12-9-,19-16-,20-17-,21-18-,28-25-,29-26-,30-27-,37-34-,38-35-,39-36-,46-43-,49-48-,52-44-,53-45-. The molecule has 0 aliphatic rings. The smallest absolute Gasteiger partial charge is 0.463 e. The molecule has 0 fully saturated rings. The van der Waals surface area contributed by atoms with E-state index in [2.05, 4.69) is 215 Å². The van der Waals surface area contributed by atoms with E-state index >= 15 is 0 Å². The van der Waals surface area contributed by atoms with Crippen molar-refractivity contribution in [2.75, 3.05) is 39.6 Å². The van der Waals surface area contributed by atoms with E-state index in [1.165, 1.54) is 141 Å². The van der Waals surface area contributed by atoms with Gasteiger partial charge >= 0.3 is 33.6 Å². The number of unbranched alkanes of at least 4 members (excludes halogenated alkanes) is 36. The van der Waals surface area contributed by atoms with Gasteiger partial charge in [0.1, 0.15) is 25.4 Å². The van der Waals surface area contributed by atoms with Gasteiger partial charge in [-0.05, 0) is 161 Å². The summed E-state index contributed by atoms with van der Waals surface area (Å²) in [4.78, 5) is 59.1. The van der Waals surface area contributed by atoms with Crippen molar-refractivity contribution in [2.24, 2.45) is 0 Å². The number of aliphatic hydroxyl groups excluding tert-OH is 2. The molecule has 5 unspecified atom stereocenters. The van der Waals surface area contributed by atoms with Crippen LogP contribution in [0.3, 0.4) is 0 Å². The largest absolute Gasteiger partial charge is 0.472 e. The molecule has 0 aromatic heterocycles. The molecule has 0 aromatic rings. The monoisotopic (exact) mass is 1760 g/mol. The molecule has 18 heteroatoms. The Balaban J connectivity index is 4.62. The quantitative estimate of drug-likeness (QED) is 0.0146. The summed E-state index contributed by atoms with van der Waals surface area (Å²) in [7, 11) is -9.82. The van der Waals surface area contributed by atoms with E-state index in [0.717, 1.165) is 193 Å². The summed E-state index contributed by atoms with van der Waals surface area (Å²) in [5, 5.41) is 20.8. The minimum absolute atomic E-state index is 0.0946. The number of allylic oxidation sites excluding steroid dienone is 32. The highest BCUT2D eigenvalue weighted by Crippen LogP contribution is 2.45. The van der Waals surface area contributed by atoms with Gasteiger partial charge in [0.05, 0.1) is 26.4 Å². The highest BCUT2D eigenvalue weighted by molar-refractivity contribution is 7.47. The third-order valence-corrected chi connectivity index (χ3v) is 22.2. The Morgan fingerprint density at radius 1 is 0.228 bits per heavy atom. The molecule has 0 rings (SSSR count). The lowest BCUT2D eigenvalue weighted by Crippen LogP contribution is -2.30. The molecule has 16 nitrogen and oxygen atoms in total. The number of hydrogen-bond acceptors (Lipinski definition) is 14. The summed E-state index contributed by atoms with van der Waals surface area (Å²) in [6.07, 6.45) is 128. The molecule has 0 saturated heterocycles. The number of phosphoric ester groups is 2. The zero-order valence-electron chi connectivity index (χ0n) is 77.5. The van der Waals surface area contributed by atoms with Crippen LogP contribution in [-0.4, -0.2) is 95.9 Å². The summed E-state index contributed by atoms with van der Waals surface area (Å²) in [6.45, 7) is 2.38. The van der Waals surface area contributed by atoms with Crippen LogP contribution in [0.25, 0.3) is 0 Å². The first-order chi connectivity index (χ1) is 60.2. The highest BCUT2D eigenvalue weighted by Gasteiger charge is 2.30. The Kier molecular flexibility index (Phi) is 91.1. The van der Waals surface area contributed by atoms with Crippen LogP contribution >= 0.6 is 15.6 Å². The van der Waals surface area contributed by atoms with Crippen molar-refractivity contribution in [3.63, 3.8) is 0 Å². The molecule has 4 N–H and O–H groups in total. The Hall–Kier alpha value is -5.61. The van der Waals surface area contributed by atoms with E-state index in [0.29, 0.717) is 19.3 Å². The molecule has 0 bridgehead atoms. The SMILES string of the molecule is CC/C=C\C/C=C\C/C=C\C/C=C\C/C=C\C/C=C\CCCCCCCCCCCCCCCCC(=O)OCC(O)COP(=O)(O)OCC(O)COP(=O)(O)OCC(COC(=O)CCCCCCCCCCCCC/C=C\C/C=C\C/C=C\C/C=C\C/C=C\CC)OC(=O)CCCCCCCCCCCCC/C=C\C/C=C\C/C=C\C/C=C\C/C=C\CC. The van der Waals surface area contributed by atoms with Crippen molar-refractivity contribution in [2.45, 2.75) is 411 Å². The first-order valence-electron chi connectivity index (χ1n) is 48.7. The van der Waals surface area contributed by atoms with E-state index < -0.39 is 91.5 Å². The van der Waals surface area contributed by atoms with Gasteiger partial charge < -0.3 is 34.2 Å². The molecule has 0 aliphatic carbocycles. The van der Waals surface area contributed by atoms with E-state index in [1.807, 2.05) is 0 Å². The number of carbonyl (C=O) groups excluding carboxylic acids is 3. The first-order valence-corrected chi connectivity index (χ1v) is 51.7. The van der Waals surface area contributed by atoms with Crippen molar-refractivity contribution in [3.8, 4) is 0 Å². The van der Waals surface area contributed by atoms with Gasteiger partial charge in [-0.2, -0.15) is 0 Å². The zero-order chi connectivity index (χ0) is 89.3. The molecular formula is C105H176O16P2. The lowest BCUT2D eigenvalue weighted by Gasteiger charge is -2.21. The zero-order valence-corrected chi connectivity index (χ0v) is 79.3. The normalized spacial score (nSPS) is 14.6. The van der Waals surface area contributed by atoms with E-state index in [4.69, 9.17) is 32.3 Å². The Bertz CT molecular complexity index is 3020. The lowest BCUT2D eigenvalue weighted by molar-refractivity contribution is -0.161. The molecular weight excluding hydrogens is 1580 g/mol. The number of rotatable bonds is 91. The fraction of sp³-hybridized carbons (Fsp3) is 0.667. The second kappa shape index (κ2) is 95.5. The Morgan fingerprint density at radius 2 is 0.407 bits per heavy atom. The van der Waals surface area contributed by atoms with Crippen LogP contribution in [0.1, 0.15) is 393 Å². The number of hydrogen-bond donors (Lipinski definition) is 4. The van der Waals surface area contributed by atoms with Crippen LogP contribution in [0.5, 0.6) is 0 Å². The number of carbonyl (C=O) groups is 3. The average molecular weight is 1760 g/mol. The van der Waals surface area contributed by atoms with Gasteiger partial charge in [0.25, 0.3) is 0 Å². The van der Waals surface area contributed by atoms with E-state index in [9.17, 15) is 43.5 Å². The maximum Gasteiger partial charge on any atom is 0.472 e. The van der Waals surface area contributed by atoms with Crippen molar-refractivity contribution < 1.29 is 75.8 Å². The maximum absolute atomic E-state index is 13.1. The first kappa shape index (κ1) is 117. The molecule has 0 aromatic carbocycles. The molecule has 0 saturated carbocycles. The van der Waals surface area contributed by atoms with E-state index in [-0.39, 0.29) is 19.3 Å². The lowest BCUT2D eigenvalue weighted by atomic mass is 10.0. The van der Waals surface area contributed by atoms with Gasteiger partial charge in [-0.15, -0.1) is 0 Å². The molecule has 0 spiro atoms. The van der Waals surface area contributed by atoms with Crippen LogP contribution < -0.4 is 0 Å². The fourth-order valence-corrected chi connectivity index (χ4v) is 14.6. The van der Waals surface area contributed by atoms with Crippen molar-refractivity contribution in [1.82, 2.24) is 0 Å². The van der Waals surface area contributed by atoms with Gasteiger partial charge in [0.2, 0.25) is 0 Å². The second-order valence-corrected chi connectivity index (χ2v) is 35.0. The van der Waals surface area contributed by atoms with Gasteiger partial charge in [0, 0.05) is 19.3 Å². The van der Waals surface area contributed by atoms with Gasteiger partial charge in [-0.1, -0.05) is 408 Å². The third-order valence-electron chi connectivity index (χ3n) is 20.3. The topological polar surface area (TPSA) is 231 Å². The number of aliphatic hydroxyl groups is 2. The Morgan fingerprint density at radius 3 is 0.642 bits per heavy atom. The second-order valence-electron chi connectivity index (χ2n) is 32.1. The summed E-state index contributed by atoms with van der Waals surface area (Å²) in [6, 6.07) is 0. The van der Waals surface area contributed by atoms with E-state index in [1.54, 1.807) is 0 Å². The van der Waals surface area contributed by atoms with Crippen LogP contribution in [0.4, 0.5) is 0 Å². The highest BCUT2D eigenvalue weighted by atomic mass is 31.2. The van der Waals surface area contributed by atoms with Crippen molar-refractivity contribution in [1.29, 1.82) is 0 Å². The van der Waals surface area contributed by atoms with Gasteiger partial charge in [-0.25, -0.2) is 9.13 Å². The van der Waals surface area contributed by atoms with Crippen LogP contribution in [0.2, 0.25) is 0 Å². The van der Waals surface area contributed by atoms with Crippen LogP contribution in [0, 0.1) is 0 Å².